The van der Waals surface area contributed by atoms with Gasteiger partial charge in [-0.15, -0.1) is 15.0 Å². The maximum absolute atomic E-state index is 5.51. The molecule has 2 rings (SSSR count). The van der Waals surface area contributed by atoms with E-state index in [0.29, 0.717) is 23.3 Å². The van der Waals surface area contributed by atoms with Crippen LogP contribution in [0.15, 0.2) is 10.1 Å². The molecule has 0 saturated carbocycles. The van der Waals surface area contributed by atoms with Crippen molar-refractivity contribution in [2.45, 2.75) is 26.9 Å². The smallest absolute Gasteiger partial charge is 0.263 e. The molecule has 6 heteroatoms. The topological polar surface area (TPSA) is 64.7 Å². The standard InChI is InChI=1S/C9H13N5O/c1-5(2)15-9-7(10-4)8-11-6(3)12-14(8)13-9/h5H,1-4H3/b10-7-. The summed E-state index contributed by atoms with van der Waals surface area (Å²) in [5.74, 6) is 1.81. The normalized spacial score (nSPS) is 17.1. The van der Waals surface area contributed by atoms with Crippen molar-refractivity contribution >= 4 is 11.6 Å². The van der Waals surface area contributed by atoms with E-state index in [4.69, 9.17) is 4.74 Å². The van der Waals surface area contributed by atoms with Crippen molar-refractivity contribution < 1.29 is 4.74 Å². The lowest BCUT2D eigenvalue weighted by atomic mass is 10.3. The van der Waals surface area contributed by atoms with E-state index < -0.39 is 0 Å². The minimum atomic E-state index is 0.0613. The first-order valence-electron chi connectivity index (χ1n) is 4.78. The number of hydrogen-bond donors (Lipinski definition) is 0. The first-order valence-corrected chi connectivity index (χ1v) is 4.78. The Kier molecular flexibility index (Phi) is 2.26. The van der Waals surface area contributed by atoms with E-state index in [0.717, 1.165) is 0 Å². The van der Waals surface area contributed by atoms with Gasteiger partial charge in [0, 0.05) is 7.05 Å². The summed E-state index contributed by atoms with van der Waals surface area (Å²) in [4.78, 5) is 9.80. The first kappa shape index (κ1) is 9.82. The number of aliphatic imine (C=N–C) groups is 1. The predicted molar refractivity (Wildman–Crippen MR) is 56.3 cm³/mol. The molecule has 0 bridgehead atoms. The molecule has 1 aromatic rings. The van der Waals surface area contributed by atoms with Crippen LogP contribution in [0.2, 0.25) is 0 Å². The van der Waals surface area contributed by atoms with Gasteiger partial charge in [0.2, 0.25) is 5.82 Å². The van der Waals surface area contributed by atoms with Crippen LogP contribution in [0.5, 0.6) is 0 Å². The third kappa shape index (κ3) is 1.62. The number of ether oxygens (including phenoxy) is 1. The Morgan fingerprint density at radius 3 is 2.73 bits per heavy atom. The van der Waals surface area contributed by atoms with E-state index in [1.165, 1.54) is 4.79 Å². The summed E-state index contributed by atoms with van der Waals surface area (Å²) in [6.07, 6.45) is 0.0613. The van der Waals surface area contributed by atoms with Gasteiger partial charge in [0.1, 0.15) is 0 Å². The molecule has 6 nitrogen and oxygen atoms in total. The Morgan fingerprint density at radius 1 is 1.40 bits per heavy atom. The molecular formula is C9H13N5O. The van der Waals surface area contributed by atoms with Gasteiger partial charge in [-0.3, -0.25) is 4.99 Å². The van der Waals surface area contributed by atoms with Crippen LogP contribution in [0.4, 0.5) is 0 Å². The number of aromatic nitrogens is 3. The molecule has 0 amide bonds. The Balaban J connectivity index is 2.38. The zero-order chi connectivity index (χ0) is 11.0. The Hall–Kier alpha value is -1.72. The monoisotopic (exact) mass is 207 g/mol. The summed E-state index contributed by atoms with van der Waals surface area (Å²) in [5.41, 5.74) is 0.657. The average Bonchev–Trinajstić information content (AvgIpc) is 2.59. The molecule has 0 N–H and O–H groups in total. The van der Waals surface area contributed by atoms with Crippen molar-refractivity contribution in [3.8, 4) is 0 Å². The van der Waals surface area contributed by atoms with Gasteiger partial charge in [0.25, 0.3) is 5.90 Å². The minimum Gasteiger partial charge on any atom is -0.472 e. The van der Waals surface area contributed by atoms with Crippen molar-refractivity contribution in [3.05, 3.63) is 11.6 Å². The van der Waals surface area contributed by atoms with Gasteiger partial charge in [0.05, 0.1) is 6.10 Å². The number of nitrogens with zero attached hydrogens (tertiary/aromatic N) is 5. The van der Waals surface area contributed by atoms with Crippen molar-refractivity contribution in [2.24, 2.45) is 10.1 Å². The molecule has 2 heterocycles. The third-order valence-electron chi connectivity index (χ3n) is 1.87. The van der Waals surface area contributed by atoms with E-state index in [-0.39, 0.29) is 6.10 Å². The zero-order valence-corrected chi connectivity index (χ0v) is 9.22. The molecule has 0 fully saturated rings. The van der Waals surface area contributed by atoms with Crippen LogP contribution in [0.3, 0.4) is 0 Å². The molecule has 0 saturated heterocycles. The second-order valence-corrected chi connectivity index (χ2v) is 3.52. The van der Waals surface area contributed by atoms with Crippen LogP contribution in [0.1, 0.15) is 25.5 Å². The molecule has 0 aromatic carbocycles. The van der Waals surface area contributed by atoms with Gasteiger partial charge >= 0.3 is 0 Å². The number of fused-ring (bicyclic) bond motifs is 1. The highest BCUT2D eigenvalue weighted by molar-refractivity contribution is 6.45. The second kappa shape index (κ2) is 3.45. The highest BCUT2D eigenvalue weighted by atomic mass is 16.5. The van der Waals surface area contributed by atoms with Gasteiger partial charge < -0.3 is 4.74 Å². The Morgan fingerprint density at radius 2 is 2.13 bits per heavy atom. The molecule has 0 spiro atoms. The molecule has 80 valence electrons. The fourth-order valence-electron chi connectivity index (χ4n) is 1.35. The highest BCUT2D eigenvalue weighted by Crippen LogP contribution is 2.11. The van der Waals surface area contributed by atoms with Gasteiger partial charge in [-0.2, -0.15) is 0 Å². The van der Waals surface area contributed by atoms with E-state index >= 15 is 0 Å². The van der Waals surface area contributed by atoms with Crippen LogP contribution in [-0.2, 0) is 4.74 Å². The fourth-order valence-corrected chi connectivity index (χ4v) is 1.35. The quantitative estimate of drug-likeness (QED) is 0.677. The lowest BCUT2D eigenvalue weighted by Gasteiger charge is -2.07. The van der Waals surface area contributed by atoms with Crippen LogP contribution in [-0.4, -0.2) is 39.6 Å². The van der Waals surface area contributed by atoms with E-state index in [1.807, 2.05) is 20.8 Å². The Bertz CT molecular complexity index is 443. The third-order valence-corrected chi connectivity index (χ3v) is 1.87. The number of hydrogen-bond acceptors (Lipinski definition) is 5. The summed E-state index contributed by atoms with van der Waals surface area (Å²) >= 11 is 0. The SMILES string of the molecule is C/N=C1\C(OC(C)C)=Nn2nc(C)nc21. The number of rotatable bonds is 1. The average molecular weight is 207 g/mol. The molecule has 0 atom stereocenters. The molecule has 0 radical (unpaired) electrons. The van der Waals surface area contributed by atoms with E-state index in [2.05, 4.69) is 20.2 Å². The van der Waals surface area contributed by atoms with Gasteiger partial charge in [-0.25, -0.2) is 4.98 Å². The van der Waals surface area contributed by atoms with Gasteiger partial charge in [0.15, 0.2) is 11.5 Å². The fraction of sp³-hybridized carbons (Fsp3) is 0.556. The minimum absolute atomic E-state index is 0.0613. The van der Waals surface area contributed by atoms with Crippen molar-refractivity contribution in [2.75, 3.05) is 7.05 Å². The summed E-state index contributed by atoms with van der Waals surface area (Å²) in [5, 5.41) is 8.28. The summed E-state index contributed by atoms with van der Waals surface area (Å²) in [7, 11) is 1.69. The largest absolute Gasteiger partial charge is 0.472 e. The first-order chi connectivity index (χ1) is 7.11. The maximum Gasteiger partial charge on any atom is 0.263 e. The highest BCUT2D eigenvalue weighted by Gasteiger charge is 2.27. The summed E-state index contributed by atoms with van der Waals surface area (Å²) in [6.45, 7) is 5.70. The van der Waals surface area contributed by atoms with Crippen LogP contribution >= 0.6 is 0 Å². The lowest BCUT2D eigenvalue weighted by Crippen LogP contribution is -2.19. The van der Waals surface area contributed by atoms with E-state index in [9.17, 15) is 0 Å². The van der Waals surface area contributed by atoms with E-state index in [1.54, 1.807) is 7.05 Å². The number of aryl methyl sites for hydroxylation is 1. The summed E-state index contributed by atoms with van der Waals surface area (Å²) in [6, 6.07) is 0. The van der Waals surface area contributed by atoms with Crippen molar-refractivity contribution in [3.63, 3.8) is 0 Å². The zero-order valence-electron chi connectivity index (χ0n) is 9.22. The van der Waals surface area contributed by atoms with Crippen LogP contribution in [0, 0.1) is 6.92 Å². The van der Waals surface area contributed by atoms with Crippen LogP contribution < -0.4 is 0 Å². The lowest BCUT2D eigenvalue weighted by molar-refractivity contribution is 0.232. The van der Waals surface area contributed by atoms with Crippen molar-refractivity contribution in [1.82, 2.24) is 14.9 Å². The van der Waals surface area contributed by atoms with Crippen LogP contribution in [0.25, 0.3) is 0 Å². The predicted octanol–water partition coefficient (Wildman–Crippen LogP) is 0.606. The molecular weight excluding hydrogens is 194 g/mol. The maximum atomic E-state index is 5.51. The molecule has 0 aliphatic carbocycles. The van der Waals surface area contributed by atoms with Gasteiger partial charge in [-0.05, 0) is 20.8 Å². The molecule has 1 aliphatic heterocycles. The summed E-state index contributed by atoms with van der Waals surface area (Å²) < 4.78 is 5.51. The second-order valence-electron chi connectivity index (χ2n) is 3.52. The molecule has 1 aromatic heterocycles. The molecule has 1 aliphatic rings. The Labute approximate surface area is 87.7 Å². The molecule has 0 unspecified atom stereocenters. The van der Waals surface area contributed by atoms with Gasteiger partial charge in [-0.1, -0.05) is 0 Å². The molecule has 15 heavy (non-hydrogen) atoms. The van der Waals surface area contributed by atoms with Crippen molar-refractivity contribution in [1.29, 1.82) is 0 Å².